The molecule has 1 saturated heterocycles. The van der Waals surface area contributed by atoms with Crippen LogP contribution in [0.4, 0.5) is 10.7 Å². The summed E-state index contributed by atoms with van der Waals surface area (Å²) in [4.78, 5) is 20.9. The molecule has 4 rings (SSSR count). The number of hydrogen-bond acceptors (Lipinski definition) is 7. The summed E-state index contributed by atoms with van der Waals surface area (Å²) in [6.45, 7) is 2.82. The lowest BCUT2D eigenvalue weighted by Crippen LogP contribution is -2.45. The minimum absolute atomic E-state index is 0.0685. The molecule has 1 aromatic rings. The SMILES string of the molecule is CC1(NC(=O)O[C@@H]2CC[C@H](c3cnc(NC4CCN(S(N)(=O)=O)CC4)nc3)C2)CC1. The summed E-state index contributed by atoms with van der Waals surface area (Å²) in [7, 11) is -3.62. The molecule has 3 fully saturated rings. The smallest absolute Gasteiger partial charge is 0.407 e. The number of nitrogens with two attached hydrogens (primary N) is 1. The van der Waals surface area contributed by atoms with Crippen LogP contribution in [-0.4, -0.2) is 59.6 Å². The van der Waals surface area contributed by atoms with Crippen LogP contribution in [0.25, 0.3) is 0 Å². The van der Waals surface area contributed by atoms with Gasteiger partial charge in [0.1, 0.15) is 6.10 Å². The number of ether oxygens (including phenoxy) is 1. The maximum atomic E-state index is 12.0. The summed E-state index contributed by atoms with van der Waals surface area (Å²) < 4.78 is 29.6. The fourth-order valence-corrected chi connectivity index (χ4v) is 4.87. The molecule has 1 aliphatic heterocycles. The highest BCUT2D eigenvalue weighted by molar-refractivity contribution is 7.86. The van der Waals surface area contributed by atoms with E-state index in [1.807, 2.05) is 19.3 Å². The van der Waals surface area contributed by atoms with E-state index in [-0.39, 0.29) is 29.7 Å². The average Bonchev–Trinajstić information content (AvgIpc) is 3.22. The van der Waals surface area contributed by atoms with Gasteiger partial charge in [-0.1, -0.05) is 0 Å². The Morgan fingerprint density at radius 2 is 1.87 bits per heavy atom. The van der Waals surface area contributed by atoms with Gasteiger partial charge >= 0.3 is 6.09 Å². The first-order valence-corrected chi connectivity index (χ1v) is 12.1. The van der Waals surface area contributed by atoms with Crippen molar-refractivity contribution in [3.05, 3.63) is 18.0 Å². The van der Waals surface area contributed by atoms with E-state index in [1.165, 1.54) is 4.31 Å². The summed E-state index contributed by atoms with van der Waals surface area (Å²) in [5.74, 6) is 0.821. The Kier molecular flexibility index (Phi) is 5.86. The van der Waals surface area contributed by atoms with Gasteiger partial charge in [0.15, 0.2) is 0 Å². The number of anilines is 1. The second kappa shape index (κ2) is 8.27. The van der Waals surface area contributed by atoms with E-state index in [1.54, 1.807) is 0 Å². The van der Waals surface area contributed by atoms with Crippen LogP contribution in [0.5, 0.6) is 0 Å². The van der Waals surface area contributed by atoms with Gasteiger partial charge < -0.3 is 15.4 Å². The fraction of sp³-hybridized carbons (Fsp3) is 0.737. The molecule has 0 spiro atoms. The zero-order chi connectivity index (χ0) is 21.4. The number of nitrogens with one attached hydrogen (secondary N) is 2. The third kappa shape index (κ3) is 5.38. The van der Waals surface area contributed by atoms with Crippen LogP contribution in [0, 0.1) is 0 Å². The Balaban J connectivity index is 1.23. The molecule has 30 heavy (non-hydrogen) atoms. The highest BCUT2D eigenvalue weighted by atomic mass is 32.2. The Labute approximate surface area is 177 Å². The summed E-state index contributed by atoms with van der Waals surface area (Å²) >= 11 is 0. The van der Waals surface area contributed by atoms with Crippen molar-refractivity contribution in [3.63, 3.8) is 0 Å². The van der Waals surface area contributed by atoms with Gasteiger partial charge in [-0.05, 0) is 63.4 Å². The second-order valence-corrected chi connectivity index (χ2v) is 10.5. The molecular weight excluding hydrogens is 408 g/mol. The lowest BCUT2D eigenvalue weighted by molar-refractivity contribution is 0.0967. The maximum absolute atomic E-state index is 12.0. The van der Waals surface area contributed by atoms with E-state index >= 15 is 0 Å². The van der Waals surface area contributed by atoms with E-state index in [0.717, 1.165) is 37.7 Å². The Bertz CT molecular complexity index is 866. The van der Waals surface area contributed by atoms with Gasteiger partial charge in [-0.2, -0.15) is 12.7 Å². The molecule has 1 amide bonds. The number of carbonyl (C=O) groups is 1. The van der Waals surface area contributed by atoms with Crippen LogP contribution >= 0.6 is 0 Å². The van der Waals surface area contributed by atoms with Gasteiger partial charge in [0.05, 0.1) is 0 Å². The summed E-state index contributed by atoms with van der Waals surface area (Å²) in [5.41, 5.74) is 0.978. The maximum Gasteiger partial charge on any atom is 0.407 e. The minimum Gasteiger partial charge on any atom is -0.446 e. The fourth-order valence-electron chi connectivity index (χ4n) is 4.15. The molecule has 1 aromatic heterocycles. The number of aromatic nitrogens is 2. The van der Waals surface area contributed by atoms with Crippen molar-refractivity contribution in [2.24, 2.45) is 5.14 Å². The number of rotatable bonds is 6. The van der Waals surface area contributed by atoms with Gasteiger partial charge in [-0.25, -0.2) is 19.9 Å². The molecule has 2 atom stereocenters. The predicted octanol–water partition coefficient (Wildman–Crippen LogP) is 1.47. The van der Waals surface area contributed by atoms with E-state index in [9.17, 15) is 13.2 Å². The summed E-state index contributed by atoms with van der Waals surface area (Å²) in [5, 5.41) is 11.4. The van der Waals surface area contributed by atoms with E-state index in [2.05, 4.69) is 20.6 Å². The van der Waals surface area contributed by atoms with Crippen LogP contribution < -0.4 is 15.8 Å². The van der Waals surface area contributed by atoms with Crippen molar-refractivity contribution in [1.29, 1.82) is 0 Å². The lowest BCUT2D eigenvalue weighted by atomic mass is 10.0. The van der Waals surface area contributed by atoms with Gasteiger partial charge in [-0.15, -0.1) is 0 Å². The van der Waals surface area contributed by atoms with Gasteiger partial charge in [-0.3, -0.25) is 0 Å². The van der Waals surface area contributed by atoms with Crippen LogP contribution in [0.3, 0.4) is 0 Å². The molecule has 0 bridgehead atoms. The molecule has 2 saturated carbocycles. The monoisotopic (exact) mass is 438 g/mol. The molecule has 3 aliphatic rings. The molecule has 0 unspecified atom stereocenters. The average molecular weight is 439 g/mol. The van der Waals surface area contributed by atoms with Crippen molar-refractivity contribution >= 4 is 22.3 Å². The van der Waals surface area contributed by atoms with E-state index in [0.29, 0.717) is 31.9 Å². The zero-order valence-corrected chi connectivity index (χ0v) is 18.0. The highest BCUT2D eigenvalue weighted by Gasteiger charge is 2.40. The standard InChI is InChI=1S/C19H30N6O4S/c1-19(6-7-19)24-18(26)29-16-3-2-13(10-16)14-11-21-17(22-12-14)23-15-4-8-25(9-5-15)30(20,27)28/h11-13,15-16H,2-10H2,1H3,(H,24,26)(H2,20,27,28)(H,21,22,23)/t13-,16+/m0/s1. The van der Waals surface area contributed by atoms with Crippen LogP contribution in [0.1, 0.15) is 63.4 Å². The zero-order valence-electron chi connectivity index (χ0n) is 17.2. The normalized spacial score (nSPS) is 26.9. The Morgan fingerprint density at radius 3 is 2.47 bits per heavy atom. The van der Waals surface area contributed by atoms with Crippen molar-refractivity contribution in [2.75, 3.05) is 18.4 Å². The van der Waals surface area contributed by atoms with Crippen molar-refractivity contribution in [3.8, 4) is 0 Å². The first-order chi connectivity index (χ1) is 14.2. The first kappa shape index (κ1) is 21.3. The Hall–Kier alpha value is -1.98. The molecule has 0 radical (unpaired) electrons. The van der Waals surface area contributed by atoms with E-state index in [4.69, 9.17) is 9.88 Å². The minimum atomic E-state index is -3.62. The third-order valence-electron chi connectivity index (χ3n) is 6.35. The van der Waals surface area contributed by atoms with Crippen LogP contribution in [0.2, 0.25) is 0 Å². The topological polar surface area (TPSA) is 140 Å². The predicted molar refractivity (Wildman–Crippen MR) is 111 cm³/mol. The molecule has 4 N–H and O–H groups in total. The van der Waals surface area contributed by atoms with Crippen LogP contribution in [0.15, 0.2) is 12.4 Å². The quantitative estimate of drug-likeness (QED) is 0.611. The third-order valence-corrected chi connectivity index (χ3v) is 7.44. The Morgan fingerprint density at radius 1 is 1.20 bits per heavy atom. The molecule has 0 aromatic carbocycles. The van der Waals surface area contributed by atoms with Crippen molar-refractivity contribution in [2.45, 2.75) is 75.5 Å². The number of alkyl carbamates (subject to hydrolysis) is 1. The first-order valence-electron chi connectivity index (χ1n) is 10.6. The van der Waals surface area contributed by atoms with E-state index < -0.39 is 10.2 Å². The number of nitrogens with zero attached hydrogens (tertiary/aromatic N) is 3. The molecule has 2 heterocycles. The number of hydrogen-bond donors (Lipinski definition) is 3. The highest BCUT2D eigenvalue weighted by Crippen LogP contribution is 2.37. The van der Waals surface area contributed by atoms with Crippen molar-refractivity contribution < 1.29 is 17.9 Å². The number of amides is 1. The number of piperidine rings is 1. The largest absolute Gasteiger partial charge is 0.446 e. The van der Waals surface area contributed by atoms with Crippen LogP contribution in [-0.2, 0) is 14.9 Å². The molecule has 11 heteroatoms. The lowest BCUT2D eigenvalue weighted by Gasteiger charge is -2.30. The molecule has 166 valence electrons. The molecule has 10 nitrogen and oxygen atoms in total. The number of carbonyl (C=O) groups excluding carboxylic acids is 1. The molecule has 2 aliphatic carbocycles. The van der Waals surface area contributed by atoms with Gasteiger partial charge in [0, 0.05) is 37.1 Å². The summed E-state index contributed by atoms with van der Waals surface area (Å²) in [6.07, 6.45) is 9.18. The molecular formula is C19H30N6O4S. The summed E-state index contributed by atoms with van der Waals surface area (Å²) in [6, 6.07) is 0.116. The van der Waals surface area contributed by atoms with Gasteiger partial charge in [0.25, 0.3) is 10.2 Å². The van der Waals surface area contributed by atoms with Gasteiger partial charge in [0.2, 0.25) is 5.95 Å². The second-order valence-electron chi connectivity index (χ2n) is 8.93. The van der Waals surface area contributed by atoms with Crippen molar-refractivity contribution in [1.82, 2.24) is 19.6 Å².